The van der Waals surface area contributed by atoms with Gasteiger partial charge in [0.25, 0.3) is 11.8 Å². The molecule has 0 atom stereocenters. The van der Waals surface area contributed by atoms with Gasteiger partial charge in [-0.15, -0.1) is 0 Å². The second-order valence-electron chi connectivity index (χ2n) is 4.75. The third-order valence-corrected chi connectivity index (χ3v) is 3.54. The Morgan fingerprint density at radius 1 is 1.20 bits per heavy atom. The van der Waals surface area contributed by atoms with Gasteiger partial charge in [-0.1, -0.05) is 0 Å². The summed E-state index contributed by atoms with van der Waals surface area (Å²) in [6.45, 7) is 2.47. The van der Waals surface area contributed by atoms with Crippen molar-refractivity contribution in [3.05, 3.63) is 29.6 Å². The van der Waals surface area contributed by atoms with Crippen LogP contribution in [0.4, 0.5) is 0 Å². The zero-order chi connectivity index (χ0) is 14.1. The van der Waals surface area contributed by atoms with Crippen LogP contribution in [0.1, 0.15) is 20.7 Å². The molecule has 0 bridgehead atoms. The van der Waals surface area contributed by atoms with Crippen LogP contribution in [0.3, 0.4) is 0 Å². The van der Waals surface area contributed by atoms with Gasteiger partial charge in [0.2, 0.25) is 5.91 Å². The second kappa shape index (κ2) is 5.01. The molecule has 20 heavy (non-hydrogen) atoms. The average molecular weight is 274 g/mol. The van der Waals surface area contributed by atoms with Crippen molar-refractivity contribution in [3.8, 4) is 0 Å². The highest BCUT2D eigenvalue weighted by molar-refractivity contribution is 6.22. The Morgan fingerprint density at radius 3 is 2.60 bits per heavy atom. The third kappa shape index (κ3) is 2.05. The van der Waals surface area contributed by atoms with Gasteiger partial charge in [0, 0.05) is 38.6 Å². The fourth-order valence-electron chi connectivity index (χ4n) is 2.43. The highest BCUT2D eigenvalue weighted by atomic mass is 16.2. The van der Waals surface area contributed by atoms with E-state index in [1.54, 1.807) is 4.90 Å². The van der Waals surface area contributed by atoms with E-state index in [1.807, 2.05) is 0 Å². The van der Waals surface area contributed by atoms with Gasteiger partial charge in [0.15, 0.2) is 0 Å². The smallest absolute Gasteiger partial charge is 0.263 e. The van der Waals surface area contributed by atoms with Crippen LogP contribution in [0, 0.1) is 0 Å². The number of carbonyl (C=O) groups is 3. The number of nitrogens with one attached hydrogen (secondary N) is 1. The third-order valence-electron chi connectivity index (χ3n) is 3.54. The summed E-state index contributed by atoms with van der Waals surface area (Å²) in [5.41, 5.74) is 0.587. The summed E-state index contributed by atoms with van der Waals surface area (Å²) in [6.07, 6.45) is 2.83. The Kier molecular flexibility index (Phi) is 3.19. The Hall–Kier alpha value is -2.28. The number of amides is 3. The van der Waals surface area contributed by atoms with E-state index in [-0.39, 0.29) is 18.0 Å². The summed E-state index contributed by atoms with van der Waals surface area (Å²) < 4.78 is 0. The summed E-state index contributed by atoms with van der Waals surface area (Å²) in [6, 6.07) is 1.50. The van der Waals surface area contributed by atoms with Gasteiger partial charge >= 0.3 is 0 Å². The predicted molar refractivity (Wildman–Crippen MR) is 69.1 cm³/mol. The number of hydrogen-bond acceptors (Lipinski definition) is 5. The molecular formula is C13H14N4O3. The maximum absolute atomic E-state index is 12.1. The van der Waals surface area contributed by atoms with E-state index in [1.165, 1.54) is 18.5 Å². The summed E-state index contributed by atoms with van der Waals surface area (Å²) in [5.74, 6) is -1.06. The molecule has 7 heteroatoms. The second-order valence-corrected chi connectivity index (χ2v) is 4.75. The quantitative estimate of drug-likeness (QED) is 0.707. The van der Waals surface area contributed by atoms with E-state index >= 15 is 0 Å². The molecule has 1 saturated heterocycles. The molecule has 1 fully saturated rings. The molecule has 1 N–H and O–H groups in total. The van der Waals surface area contributed by atoms with E-state index in [0.717, 1.165) is 18.0 Å². The van der Waals surface area contributed by atoms with Crippen LogP contribution in [-0.2, 0) is 4.79 Å². The lowest BCUT2D eigenvalue weighted by molar-refractivity contribution is -0.132. The van der Waals surface area contributed by atoms with E-state index in [9.17, 15) is 14.4 Å². The standard InChI is InChI=1S/C13H14N4O3/c18-11(16-5-3-14-4-6-16)8-17-12(19)9-1-2-15-7-10(9)13(17)20/h1-2,7,14H,3-6,8H2. The van der Waals surface area contributed by atoms with Gasteiger partial charge in [0.05, 0.1) is 11.1 Å². The minimum Gasteiger partial charge on any atom is -0.339 e. The molecule has 0 radical (unpaired) electrons. The lowest BCUT2D eigenvalue weighted by atomic mass is 10.2. The Labute approximate surface area is 115 Å². The maximum Gasteiger partial charge on any atom is 0.263 e. The molecule has 0 aliphatic carbocycles. The topological polar surface area (TPSA) is 82.6 Å². The summed E-state index contributed by atoms with van der Waals surface area (Å²) in [5, 5.41) is 3.15. The number of imide groups is 1. The van der Waals surface area contributed by atoms with Crippen molar-refractivity contribution < 1.29 is 14.4 Å². The average Bonchev–Trinajstić information content (AvgIpc) is 2.74. The van der Waals surface area contributed by atoms with Gasteiger partial charge < -0.3 is 10.2 Å². The normalized spacial score (nSPS) is 18.4. The number of piperazine rings is 1. The number of fused-ring (bicyclic) bond motifs is 1. The summed E-state index contributed by atoms with van der Waals surface area (Å²) in [4.78, 5) is 42.9. The molecular weight excluding hydrogens is 260 g/mol. The molecule has 0 aromatic carbocycles. The molecule has 1 aromatic heterocycles. The van der Waals surface area contributed by atoms with Crippen LogP contribution < -0.4 is 5.32 Å². The Morgan fingerprint density at radius 2 is 1.90 bits per heavy atom. The van der Waals surface area contributed by atoms with Gasteiger partial charge in [-0.05, 0) is 6.07 Å². The SMILES string of the molecule is O=C(CN1C(=O)c2ccncc2C1=O)N1CCNCC1. The summed E-state index contributed by atoms with van der Waals surface area (Å²) >= 11 is 0. The van der Waals surface area contributed by atoms with Crippen molar-refractivity contribution in [3.63, 3.8) is 0 Å². The highest BCUT2D eigenvalue weighted by Crippen LogP contribution is 2.21. The fourth-order valence-corrected chi connectivity index (χ4v) is 2.43. The minimum absolute atomic E-state index is 0.200. The van der Waals surface area contributed by atoms with Crippen molar-refractivity contribution in [1.82, 2.24) is 20.1 Å². The van der Waals surface area contributed by atoms with Crippen molar-refractivity contribution in [2.24, 2.45) is 0 Å². The molecule has 0 unspecified atom stereocenters. The lowest BCUT2D eigenvalue weighted by Crippen LogP contribution is -2.50. The van der Waals surface area contributed by atoms with Crippen LogP contribution in [-0.4, -0.2) is 65.2 Å². The van der Waals surface area contributed by atoms with Gasteiger partial charge in [0.1, 0.15) is 6.54 Å². The Balaban J connectivity index is 1.74. The molecule has 1 aromatic rings. The van der Waals surface area contributed by atoms with Crippen molar-refractivity contribution >= 4 is 17.7 Å². The van der Waals surface area contributed by atoms with Crippen molar-refractivity contribution in [2.75, 3.05) is 32.7 Å². The molecule has 3 heterocycles. The zero-order valence-corrected chi connectivity index (χ0v) is 10.8. The largest absolute Gasteiger partial charge is 0.339 e. The van der Waals surface area contributed by atoms with Crippen molar-refractivity contribution in [1.29, 1.82) is 0 Å². The van der Waals surface area contributed by atoms with Gasteiger partial charge in [-0.2, -0.15) is 0 Å². The number of carbonyl (C=O) groups excluding carboxylic acids is 3. The molecule has 0 saturated carbocycles. The van der Waals surface area contributed by atoms with Gasteiger partial charge in [-0.25, -0.2) is 0 Å². The molecule has 104 valence electrons. The molecule has 3 rings (SSSR count). The van der Waals surface area contributed by atoms with Crippen LogP contribution in [0.25, 0.3) is 0 Å². The molecule has 7 nitrogen and oxygen atoms in total. The van der Waals surface area contributed by atoms with Crippen LogP contribution >= 0.6 is 0 Å². The molecule has 3 amide bonds. The monoisotopic (exact) mass is 274 g/mol. The predicted octanol–water partition coefficient (Wildman–Crippen LogP) is -0.891. The molecule has 2 aliphatic heterocycles. The Bertz CT molecular complexity index is 546. The lowest BCUT2D eigenvalue weighted by Gasteiger charge is -2.28. The highest BCUT2D eigenvalue weighted by Gasteiger charge is 2.37. The molecule has 2 aliphatic rings. The zero-order valence-electron chi connectivity index (χ0n) is 10.8. The number of hydrogen-bond donors (Lipinski definition) is 1. The van der Waals surface area contributed by atoms with E-state index in [0.29, 0.717) is 18.7 Å². The first kappa shape index (κ1) is 12.7. The first-order valence-electron chi connectivity index (χ1n) is 6.47. The van der Waals surface area contributed by atoms with Crippen LogP contribution in [0.2, 0.25) is 0 Å². The van der Waals surface area contributed by atoms with Gasteiger partial charge in [-0.3, -0.25) is 24.3 Å². The number of nitrogens with zero attached hydrogens (tertiary/aromatic N) is 3. The number of aromatic nitrogens is 1. The van der Waals surface area contributed by atoms with Crippen LogP contribution in [0.15, 0.2) is 18.5 Å². The van der Waals surface area contributed by atoms with Crippen molar-refractivity contribution in [2.45, 2.75) is 0 Å². The van der Waals surface area contributed by atoms with E-state index in [4.69, 9.17) is 0 Å². The fraction of sp³-hybridized carbons (Fsp3) is 0.385. The van der Waals surface area contributed by atoms with Crippen LogP contribution in [0.5, 0.6) is 0 Å². The summed E-state index contributed by atoms with van der Waals surface area (Å²) in [7, 11) is 0. The molecule has 0 spiro atoms. The van der Waals surface area contributed by atoms with E-state index in [2.05, 4.69) is 10.3 Å². The van der Waals surface area contributed by atoms with E-state index < -0.39 is 11.8 Å². The number of pyridine rings is 1. The maximum atomic E-state index is 12.1. The number of rotatable bonds is 2. The first-order valence-corrected chi connectivity index (χ1v) is 6.47. The first-order chi connectivity index (χ1) is 9.68. The minimum atomic E-state index is -0.443.